The first-order valence-corrected chi connectivity index (χ1v) is 7.37. The Hall–Kier alpha value is -2.68. The van der Waals surface area contributed by atoms with Crippen molar-refractivity contribution in [1.82, 2.24) is 0 Å². The van der Waals surface area contributed by atoms with Gasteiger partial charge in [-0.25, -0.2) is 0 Å². The van der Waals surface area contributed by atoms with Gasteiger partial charge in [-0.15, -0.1) is 13.2 Å². The molecule has 25 heavy (non-hydrogen) atoms. The zero-order valence-electron chi connectivity index (χ0n) is 13.3. The molecule has 0 aliphatic rings. The molecule has 0 unspecified atom stereocenters. The Labute approximate surface area is 147 Å². The topological polar surface area (TPSA) is 51.8 Å². The quantitative estimate of drug-likeness (QED) is 0.759. The van der Waals surface area contributed by atoms with E-state index in [2.05, 4.69) is 15.4 Å². The van der Waals surface area contributed by atoms with E-state index in [0.29, 0.717) is 22.9 Å². The van der Waals surface area contributed by atoms with Gasteiger partial charge in [0.25, 0.3) is 0 Å². The third kappa shape index (κ3) is 5.71. The highest BCUT2D eigenvalue weighted by Gasteiger charge is 2.30. The third-order valence-electron chi connectivity index (χ3n) is 3.00. The highest BCUT2D eigenvalue weighted by Crippen LogP contribution is 2.29. The SMILES string of the molecule is COc1ccc(NC(=S)Nc2ccc(OC(F)(F)F)cc2)c(OC)c1. The minimum absolute atomic E-state index is 0.243. The molecule has 2 aromatic carbocycles. The molecular weight excluding hydrogens is 357 g/mol. The zero-order valence-corrected chi connectivity index (χ0v) is 14.1. The van der Waals surface area contributed by atoms with Crippen LogP contribution in [0.15, 0.2) is 42.5 Å². The number of alkyl halides is 3. The van der Waals surface area contributed by atoms with Crippen LogP contribution in [-0.4, -0.2) is 25.7 Å². The Morgan fingerprint density at radius 2 is 1.56 bits per heavy atom. The average molecular weight is 372 g/mol. The maximum atomic E-state index is 12.1. The van der Waals surface area contributed by atoms with Crippen LogP contribution in [0.2, 0.25) is 0 Å². The fourth-order valence-electron chi connectivity index (χ4n) is 1.93. The van der Waals surface area contributed by atoms with Crippen LogP contribution in [0.25, 0.3) is 0 Å². The van der Waals surface area contributed by atoms with Gasteiger partial charge >= 0.3 is 6.36 Å². The molecule has 0 spiro atoms. The van der Waals surface area contributed by atoms with Crippen molar-refractivity contribution in [3.05, 3.63) is 42.5 Å². The molecule has 2 N–H and O–H groups in total. The molecule has 0 aliphatic heterocycles. The van der Waals surface area contributed by atoms with Gasteiger partial charge in [0.15, 0.2) is 5.11 Å². The van der Waals surface area contributed by atoms with E-state index in [-0.39, 0.29) is 10.9 Å². The molecule has 0 saturated carbocycles. The summed E-state index contributed by atoms with van der Waals surface area (Å²) in [6.45, 7) is 0. The van der Waals surface area contributed by atoms with Crippen LogP contribution in [0.3, 0.4) is 0 Å². The summed E-state index contributed by atoms with van der Waals surface area (Å²) in [5, 5.41) is 6.04. The van der Waals surface area contributed by atoms with Gasteiger partial charge in [0, 0.05) is 11.8 Å². The second-order valence-electron chi connectivity index (χ2n) is 4.72. The summed E-state index contributed by atoms with van der Waals surface area (Å²) in [5.74, 6) is 0.840. The largest absolute Gasteiger partial charge is 0.573 e. The smallest absolute Gasteiger partial charge is 0.497 e. The standard InChI is InChI=1S/C16H15F3N2O3S/c1-22-12-7-8-13(14(9-12)23-2)21-15(25)20-10-3-5-11(6-4-10)24-16(17,18)19/h3-9H,1-2H3,(H2,20,21,25). The molecule has 0 fully saturated rings. The van der Waals surface area contributed by atoms with Gasteiger partial charge in [0.05, 0.1) is 19.9 Å². The highest BCUT2D eigenvalue weighted by molar-refractivity contribution is 7.80. The van der Waals surface area contributed by atoms with Gasteiger partial charge in [-0.1, -0.05) is 0 Å². The number of benzene rings is 2. The van der Waals surface area contributed by atoms with Crippen molar-refractivity contribution in [2.45, 2.75) is 6.36 Å². The van der Waals surface area contributed by atoms with Crippen molar-refractivity contribution in [3.8, 4) is 17.2 Å². The van der Waals surface area contributed by atoms with Crippen molar-refractivity contribution < 1.29 is 27.4 Å². The number of rotatable bonds is 5. The van der Waals surface area contributed by atoms with E-state index in [4.69, 9.17) is 21.7 Å². The molecule has 9 heteroatoms. The Morgan fingerprint density at radius 3 is 2.12 bits per heavy atom. The van der Waals surface area contributed by atoms with Gasteiger partial charge in [-0.2, -0.15) is 0 Å². The summed E-state index contributed by atoms with van der Waals surface area (Å²) < 4.78 is 50.6. The highest BCUT2D eigenvalue weighted by atomic mass is 32.1. The van der Waals surface area contributed by atoms with E-state index in [0.717, 1.165) is 0 Å². The van der Waals surface area contributed by atoms with Crippen LogP contribution in [-0.2, 0) is 0 Å². The first kappa shape index (κ1) is 18.7. The molecule has 0 heterocycles. The summed E-state index contributed by atoms with van der Waals surface area (Å²) in [4.78, 5) is 0. The van der Waals surface area contributed by atoms with Gasteiger partial charge in [-0.3, -0.25) is 0 Å². The van der Waals surface area contributed by atoms with Crippen LogP contribution < -0.4 is 24.8 Å². The summed E-state index contributed by atoms with van der Waals surface area (Å²) in [5.41, 5.74) is 1.11. The van der Waals surface area contributed by atoms with Crippen molar-refractivity contribution in [3.63, 3.8) is 0 Å². The summed E-state index contributed by atoms with van der Waals surface area (Å²) in [6.07, 6.45) is -4.73. The number of thiocarbonyl (C=S) groups is 1. The lowest BCUT2D eigenvalue weighted by molar-refractivity contribution is -0.274. The second-order valence-corrected chi connectivity index (χ2v) is 5.13. The van der Waals surface area contributed by atoms with Crippen molar-refractivity contribution >= 4 is 28.7 Å². The number of ether oxygens (including phenoxy) is 3. The molecule has 0 saturated heterocycles. The molecular formula is C16H15F3N2O3S. The molecule has 0 bridgehead atoms. The summed E-state index contributed by atoms with van der Waals surface area (Å²) in [6, 6.07) is 10.4. The Bertz CT molecular complexity index is 736. The first-order chi connectivity index (χ1) is 11.8. The number of halogens is 3. The predicted octanol–water partition coefficient (Wildman–Crippen LogP) is 4.41. The van der Waals surface area contributed by atoms with E-state index >= 15 is 0 Å². The number of anilines is 2. The van der Waals surface area contributed by atoms with E-state index in [1.807, 2.05) is 0 Å². The molecule has 5 nitrogen and oxygen atoms in total. The van der Waals surface area contributed by atoms with E-state index < -0.39 is 6.36 Å². The first-order valence-electron chi connectivity index (χ1n) is 6.96. The maximum Gasteiger partial charge on any atom is 0.573 e. The fraction of sp³-hybridized carbons (Fsp3) is 0.188. The minimum Gasteiger partial charge on any atom is -0.497 e. The van der Waals surface area contributed by atoms with Crippen LogP contribution in [0.4, 0.5) is 24.5 Å². The van der Waals surface area contributed by atoms with Gasteiger partial charge in [-0.05, 0) is 48.6 Å². The van der Waals surface area contributed by atoms with Crippen molar-refractivity contribution in [1.29, 1.82) is 0 Å². The Balaban J connectivity index is 2.00. The third-order valence-corrected chi connectivity index (χ3v) is 3.21. The van der Waals surface area contributed by atoms with E-state index in [1.54, 1.807) is 25.3 Å². The number of nitrogens with one attached hydrogen (secondary N) is 2. The van der Waals surface area contributed by atoms with Crippen LogP contribution >= 0.6 is 12.2 Å². The van der Waals surface area contributed by atoms with Crippen molar-refractivity contribution in [2.75, 3.05) is 24.9 Å². The zero-order chi connectivity index (χ0) is 18.4. The lowest BCUT2D eigenvalue weighted by Crippen LogP contribution is -2.19. The lowest BCUT2D eigenvalue weighted by atomic mass is 10.2. The molecule has 134 valence electrons. The average Bonchev–Trinajstić information content (AvgIpc) is 2.55. The number of hydrogen-bond donors (Lipinski definition) is 2. The van der Waals surface area contributed by atoms with E-state index in [9.17, 15) is 13.2 Å². The number of methoxy groups -OCH3 is 2. The predicted molar refractivity (Wildman–Crippen MR) is 92.5 cm³/mol. The van der Waals surface area contributed by atoms with Gasteiger partial charge in [0.2, 0.25) is 0 Å². The molecule has 0 amide bonds. The van der Waals surface area contributed by atoms with Crippen LogP contribution in [0.1, 0.15) is 0 Å². The molecule has 0 aliphatic carbocycles. The summed E-state index contributed by atoms with van der Waals surface area (Å²) in [7, 11) is 3.05. The molecule has 2 aromatic rings. The normalized spacial score (nSPS) is 10.8. The number of hydrogen-bond acceptors (Lipinski definition) is 4. The maximum absolute atomic E-state index is 12.1. The molecule has 2 rings (SSSR count). The molecule has 0 radical (unpaired) electrons. The Morgan fingerprint density at radius 1 is 0.920 bits per heavy atom. The second kappa shape index (κ2) is 7.93. The van der Waals surface area contributed by atoms with Gasteiger partial charge in [0.1, 0.15) is 17.2 Å². The monoisotopic (exact) mass is 372 g/mol. The van der Waals surface area contributed by atoms with Gasteiger partial charge < -0.3 is 24.8 Å². The molecule has 0 aromatic heterocycles. The van der Waals surface area contributed by atoms with E-state index in [1.165, 1.54) is 31.4 Å². The summed E-state index contributed by atoms with van der Waals surface area (Å²) >= 11 is 5.19. The van der Waals surface area contributed by atoms with Crippen LogP contribution in [0, 0.1) is 0 Å². The van der Waals surface area contributed by atoms with Crippen molar-refractivity contribution in [2.24, 2.45) is 0 Å². The lowest BCUT2D eigenvalue weighted by Gasteiger charge is -2.15. The minimum atomic E-state index is -4.73. The molecule has 0 atom stereocenters. The van der Waals surface area contributed by atoms with Crippen LogP contribution in [0.5, 0.6) is 17.2 Å². The fourth-order valence-corrected chi connectivity index (χ4v) is 2.15. The Kier molecular flexibility index (Phi) is 5.92.